The normalized spacial score (nSPS) is 27.0. The van der Waals surface area contributed by atoms with Crippen molar-refractivity contribution in [3.63, 3.8) is 0 Å². The molecule has 1 aromatic heterocycles. The molecule has 5 rings (SSSR count). The number of carbonyl (C=O) groups excluding carboxylic acids is 2. The molecule has 9 heteroatoms. The van der Waals surface area contributed by atoms with E-state index in [9.17, 15) is 14.7 Å². The number of rotatable bonds is 5. The third-order valence-corrected chi connectivity index (χ3v) is 8.35. The molecule has 0 amide bonds. The third kappa shape index (κ3) is 2.90. The summed E-state index contributed by atoms with van der Waals surface area (Å²) in [6.07, 6.45) is 0. The number of fused-ring (bicyclic) bond motifs is 4. The van der Waals surface area contributed by atoms with E-state index in [2.05, 4.69) is 15.9 Å². The number of Topliss-reactive ketones (excluding diaryl/α,β-unsaturated/α-hetero) is 1. The van der Waals surface area contributed by atoms with Gasteiger partial charge in [0.25, 0.3) is 0 Å². The minimum absolute atomic E-state index is 0.0841. The lowest BCUT2D eigenvalue weighted by Crippen LogP contribution is -2.51. The molecule has 0 spiro atoms. The van der Waals surface area contributed by atoms with E-state index in [1.54, 1.807) is 24.3 Å². The van der Waals surface area contributed by atoms with Crippen molar-refractivity contribution in [2.45, 2.75) is 17.1 Å². The van der Waals surface area contributed by atoms with Crippen LogP contribution in [0, 0.1) is 5.92 Å². The van der Waals surface area contributed by atoms with Gasteiger partial charge in [0.05, 0.1) is 41.5 Å². The monoisotopic (exact) mass is 544 g/mol. The Bertz CT molecular complexity index is 1290. The number of hydrogen-bond acceptors (Lipinski definition) is 8. The molecule has 1 aliphatic heterocycles. The maximum atomic E-state index is 14.4. The van der Waals surface area contributed by atoms with Gasteiger partial charge in [-0.25, -0.2) is 0 Å². The van der Waals surface area contributed by atoms with E-state index in [4.69, 9.17) is 18.9 Å². The van der Waals surface area contributed by atoms with Gasteiger partial charge in [0.15, 0.2) is 5.60 Å². The average Bonchev–Trinajstić information content (AvgIpc) is 3.34. The Morgan fingerprint density at radius 2 is 1.82 bits per heavy atom. The standard InChI is InChI=1S/C25H21BrO7S/c1-30-14-11-15(31-2)20-16(12-14)33-25(17-9-10-18(26)34-17)19(13-7-5-4-6-8-13)21(22(27)32-3)24(20,29)23(25)28/h4-12,19,21,29H,1-3H3/t19-,21+,24?,25?/m1/s1. The van der Waals surface area contributed by atoms with Crippen LogP contribution in [0.5, 0.6) is 17.2 Å². The van der Waals surface area contributed by atoms with E-state index in [0.29, 0.717) is 16.2 Å². The van der Waals surface area contributed by atoms with Gasteiger partial charge < -0.3 is 24.1 Å². The van der Waals surface area contributed by atoms with Gasteiger partial charge in [0.1, 0.15) is 23.2 Å². The molecule has 2 heterocycles. The molecule has 7 nitrogen and oxygen atoms in total. The minimum Gasteiger partial charge on any atom is -0.496 e. The van der Waals surface area contributed by atoms with Crippen LogP contribution in [0.15, 0.2) is 58.4 Å². The number of aliphatic hydroxyl groups is 1. The van der Waals surface area contributed by atoms with E-state index in [-0.39, 0.29) is 17.1 Å². The zero-order valence-electron chi connectivity index (χ0n) is 18.5. The van der Waals surface area contributed by atoms with Crippen molar-refractivity contribution in [1.82, 2.24) is 0 Å². The number of benzene rings is 2. The summed E-state index contributed by atoms with van der Waals surface area (Å²) < 4.78 is 23.4. The second kappa shape index (κ2) is 8.11. The van der Waals surface area contributed by atoms with Crippen LogP contribution in [-0.4, -0.2) is 38.2 Å². The fourth-order valence-electron chi connectivity index (χ4n) is 5.25. The Hall–Kier alpha value is -2.88. The lowest BCUT2D eigenvalue weighted by atomic mass is 9.77. The highest BCUT2D eigenvalue weighted by Crippen LogP contribution is 2.67. The number of hydrogen-bond donors (Lipinski definition) is 1. The molecule has 1 N–H and O–H groups in total. The molecule has 3 aromatic rings. The smallest absolute Gasteiger partial charge is 0.313 e. The van der Waals surface area contributed by atoms with Crippen LogP contribution in [0.1, 0.15) is 21.9 Å². The predicted octanol–water partition coefficient (Wildman–Crippen LogP) is 4.16. The Balaban J connectivity index is 1.91. The van der Waals surface area contributed by atoms with Crippen LogP contribution >= 0.6 is 27.3 Å². The highest BCUT2D eigenvalue weighted by Gasteiger charge is 2.77. The maximum absolute atomic E-state index is 14.4. The minimum atomic E-state index is -2.27. The molecular weight excluding hydrogens is 524 g/mol. The van der Waals surface area contributed by atoms with Crippen LogP contribution in [0.2, 0.25) is 0 Å². The molecule has 4 atom stereocenters. The quantitative estimate of drug-likeness (QED) is 0.482. The van der Waals surface area contributed by atoms with Crippen molar-refractivity contribution in [2.75, 3.05) is 21.3 Å². The number of esters is 1. The highest BCUT2D eigenvalue weighted by molar-refractivity contribution is 9.11. The van der Waals surface area contributed by atoms with Crippen molar-refractivity contribution in [1.29, 1.82) is 0 Å². The molecule has 0 radical (unpaired) electrons. The highest BCUT2D eigenvalue weighted by atomic mass is 79.9. The molecule has 2 aromatic carbocycles. The van der Waals surface area contributed by atoms with E-state index in [0.717, 1.165) is 3.79 Å². The predicted molar refractivity (Wildman–Crippen MR) is 127 cm³/mol. The van der Waals surface area contributed by atoms with Gasteiger partial charge >= 0.3 is 5.97 Å². The first-order chi connectivity index (χ1) is 16.3. The van der Waals surface area contributed by atoms with E-state index < -0.39 is 34.8 Å². The summed E-state index contributed by atoms with van der Waals surface area (Å²) in [6, 6.07) is 15.8. The second-order valence-corrected chi connectivity index (χ2v) is 10.6. The van der Waals surface area contributed by atoms with E-state index in [1.807, 2.05) is 30.3 Å². The van der Waals surface area contributed by atoms with E-state index >= 15 is 0 Å². The molecule has 2 bridgehead atoms. The summed E-state index contributed by atoms with van der Waals surface area (Å²) in [5, 5.41) is 12.3. The SMILES string of the molecule is COC(=O)[C@@H]1[C@@H](c2ccccc2)C2(c3ccc(Br)s3)Oc3cc(OC)cc(OC)c3C1(O)C2=O. The van der Waals surface area contributed by atoms with Gasteiger partial charge in [-0.2, -0.15) is 0 Å². The Morgan fingerprint density at radius 3 is 2.41 bits per heavy atom. The summed E-state index contributed by atoms with van der Waals surface area (Å²) in [5.74, 6) is -2.75. The number of methoxy groups -OCH3 is 3. The summed E-state index contributed by atoms with van der Waals surface area (Å²) in [4.78, 5) is 28.3. The summed E-state index contributed by atoms with van der Waals surface area (Å²) >= 11 is 4.77. The van der Waals surface area contributed by atoms with Crippen molar-refractivity contribution in [2.24, 2.45) is 5.92 Å². The average molecular weight is 545 g/mol. The largest absolute Gasteiger partial charge is 0.496 e. The first kappa shape index (κ1) is 22.9. The van der Waals surface area contributed by atoms with Crippen LogP contribution in [-0.2, 0) is 25.5 Å². The fourth-order valence-corrected chi connectivity index (χ4v) is 6.80. The Morgan fingerprint density at radius 1 is 1.09 bits per heavy atom. The molecule has 176 valence electrons. The van der Waals surface area contributed by atoms with Crippen molar-refractivity contribution >= 4 is 39.0 Å². The van der Waals surface area contributed by atoms with Gasteiger partial charge in [0.2, 0.25) is 11.4 Å². The number of carbonyl (C=O) groups is 2. The van der Waals surface area contributed by atoms with Gasteiger partial charge in [-0.15, -0.1) is 11.3 Å². The topological polar surface area (TPSA) is 91.3 Å². The number of ether oxygens (including phenoxy) is 4. The van der Waals surface area contributed by atoms with Gasteiger partial charge in [0, 0.05) is 12.1 Å². The molecule has 1 aliphatic carbocycles. The van der Waals surface area contributed by atoms with Crippen LogP contribution in [0.3, 0.4) is 0 Å². The summed E-state index contributed by atoms with van der Waals surface area (Å²) in [6.45, 7) is 0. The number of ketones is 1. The number of halogens is 1. The van der Waals surface area contributed by atoms with Crippen LogP contribution < -0.4 is 14.2 Å². The molecule has 2 unspecified atom stereocenters. The van der Waals surface area contributed by atoms with Gasteiger partial charge in [-0.3, -0.25) is 9.59 Å². The lowest BCUT2D eigenvalue weighted by Gasteiger charge is -2.39. The summed E-state index contributed by atoms with van der Waals surface area (Å²) in [5.41, 5.74) is -3.21. The Labute approximate surface area is 208 Å². The zero-order chi connectivity index (χ0) is 24.3. The van der Waals surface area contributed by atoms with Gasteiger partial charge in [-0.1, -0.05) is 30.3 Å². The molecule has 0 saturated heterocycles. The Kier molecular flexibility index (Phi) is 5.46. The van der Waals surface area contributed by atoms with E-state index in [1.165, 1.54) is 32.7 Å². The molecule has 2 aliphatic rings. The molecule has 34 heavy (non-hydrogen) atoms. The number of thiophene rings is 1. The first-order valence-electron chi connectivity index (χ1n) is 10.4. The molecular formula is C25H21BrO7S. The third-order valence-electron chi connectivity index (χ3n) is 6.61. The second-order valence-electron chi connectivity index (χ2n) is 8.13. The summed E-state index contributed by atoms with van der Waals surface area (Å²) in [7, 11) is 4.15. The molecule has 1 fully saturated rings. The van der Waals surface area contributed by atoms with Crippen LogP contribution in [0.25, 0.3) is 0 Å². The van der Waals surface area contributed by atoms with Crippen molar-refractivity contribution in [3.05, 3.63) is 74.4 Å². The van der Waals surface area contributed by atoms with Crippen LogP contribution in [0.4, 0.5) is 0 Å². The van der Waals surface area contributed by atoms with Crippen molar-refractivity contribution in [3.8, 4) is 17.2 Å². The molecule has 1 saturated carbocycles. The van der Waals surface area contributed by atoms with Gasteiger partial charge in [-0.05, 0) is 33.6 Å². The zero-order valence-corrected chi connectivity index (χ0v) is 20.9. The maximum Gasteiger partial charge on any atom is 0.313 e. The fraction of sp³-hybridized carbons (Fsp3) is 0.280. The first-order valence-corrected chi connectivity index (χ1v) is 12.0. The lowest BCUT2D eigenvalue weighted by molar-refractivity contribution is -0.162. The van der Waals surface area contributed by atoms with Crippen molar-refractivity contribution < 1.29 is 33.6 Å².